The molecule has 1 atom stereocenters. The second-order valence-corrected chi connectivity index (χ2v) is 2.99. The van der Waals surface area contributed by atoms with E-state index in [0.29, 0.717) is 0 Å². The van der Waals surface area contributed by atoms with E-state index in [9.17, 15) is 0 Å². The lowest BCUT2D eigenvalue weighted by Crippen LogP contribution is -2.10. The standard InChI is InChI=1S/C8H13N3O/c1-2-6(9)7-5-8-11(10-7)3-4-12-8/h5-6H,2-4,9H2,1H3. The Balaban J connectivity index is 2.25. The first-order chi connectivity index (χ1) is 5.81. The van der Waals surface area contributed by atoms with Gasteiger partial charge in [0.15, 0.2) is 0 Å². The molecule has 12 heavy (non-hydrogen) atoms. The third-order valence-corrected chi connectivity index (χ3v) is 2.13. The molecule has 2 heterocycles. The fraction of sp³-hybridized carbons (Fsp3) is 0.625. The number of nitrogens with two attached hydrogens (primary N) is 1. The van der Waals surface area contributed by atoms with E-state index in [1.807, 2.05) is 10.7 Å². The second kappa shape index (κ2) is 2.79. The number of hydrogen-bond donors (Lipinski definition) is 1. The molecular weight excluding hydrogens is 154 g/mol. The summed E-state index contributed by atoms with van der Waals surface area (Å²) in [6, 6.07) is 1.98. The summed E-state index contributed by atoms with van der Waals surface area (Å²) in [5.74, 6) is 0.855. The van der Waals surface area contributed by atoms with Crippen LogP contribution in [-0.2, 0) is 6.54 Å². The molecule has 0 radical (unpaired) electrons. The van der Waals surface area contributed by atoms with Crippen LogP contribution in [0.1, 0.15) is 25.1 Å². The Hall–Kier alpha value is -1.03. The van der Waals surface area contributed by atoms with Gasteiger partial charge in [0.25, 0.3) is 0 Å². The third-order valence-electron chi connectivity index (χ3n) is 2.13. The monoisotopic (exact) mass is 167 g/mol. The van der Waals surface area contributed by atoms with E-state index in [2.05, 4.69) is 12.0 Å². The SMILES string of the molecule is CCC(N)c1cc2n(n1)CCO2. The van der Waals surface area contributed by atoms with Gasteiger partial charge in [-0.2, -0.15) is 5.10 Å². The fourth-order valence-electron chi connectivity index (χ4n) is 1.32. The van der Waals surface area contributed by atoms with Gasteiger partial charge in [0.2, 0.25) is 5.88 Å². The van der Waals surface area contributed by atoms with Gasteiger partial charge in [-0.15, -0.1) is 0 Å². The predicted molar refractivity (Wildman–Crippen MR) is 44.9 cm³/mol. The topological polar surface area (TPSA) is 53.1 Å². The zero-order chi connectivity index (χ0) is 8.55. The van der Waals surface area contributed by atoms with E-state index in [0.717, 1.165) is 31.1 Å². The summed E-state index contributed by atoms with van der Waals surface area (Å²) in [7, 11) is 0. The van der Waals surface area contributed by atoms with Gasteiger partial charge >= 0.3 is 0 Å². The van der Waals surface area contributed by atoms with Crippen molar-refractivity contribution in [2.45, 2.75) is 25.9 Å². The summed E-state index contributed by atoms with van der Waals surface area (Å²) in [6.45, 7) is 3.64. The average molecular weight is 167 g/mol. The maximum Gasteiger partial charge on any atom is 0.212 e. The van der Waals surface area contributed by atoms with Crippen molar-refractivity contribution < 1.29 is 4.74 Å². The Morgan fingerprint density at radius 1 is 1.83 bits per heavy atom. The van der Waals surface area contributed by atoms with Gasteiger partial charge in [-0.05, 0) is 6.42 Å². The number of aromatic nitrogens is 2. The van der Waals surface area contributed by atoms with Gasteiger partial charge < -0.3 is 10.5 Å². The molecule has 66 valence electrons. The highest BCUT2D eigenvalue weighted by Crippen LogP contribution is 2.22. The summed E-state index contributed by atoms with van der Waals surface area (Å²) >= 11 is 0. The fourth-order valence-corrected chi connectivity index (χ4v) is 1.32. The summed E-state index contributed by atoms with van der Waals surface area (Å²) in [4.78, 5) is 0. The van der Waals surface area contributed by atoms with Gasteiger partial charge in [0.05, 0.1) is 12.2 Å². The highest BCUT2D eigenvalue weighted by Gasteiger charge is 2.17. The van der Waals surface area contributed by atoms with Crippen molar-refractivity contribution in [3.63, 3.8) is 0 Å². The first-order valence-corrected chi connectivity index (χ1v) is 4.27. The largest absolute Gasteiger partial charge is 0.476 e. The minimum atomic E-state index is 0.0479. The van der Waals surface area contributed by atoms with Crippen LogP contribution in [0.25, 0.3) is 0 Å². The van der Waals surface area contributed by atoms with Crippen LogP contribution in [0.15, 0.2) is 6.07 Å². The molecule has 0 fully saturated rings. The minimum absolute atomic E-state index is 0.0479. The van der Waals surface area contributed by atoms with Crippen LogP contribution in [-0.4, -0.2) is 16.4 Å². The molecule has 4 heteroatoms. The minimum Gasteiger partial charge on any atom is -0.476 e. The molecule has 0 amide bonds. The molecule has 4 nitrogen and oxygen atoms in total. The molecule has 1 aliphatic heterocycles. The molecule has 2 rings (SSSR count). The number of nitrogens with zero attached hydrogens (tertiary/aromatic N) is 2. The molecule has 0 aromatic carbocycles. The lowest BCUT2D eigenvalue weighted by atomic mass is 10.2. The van der Waals surface area contributed by atoms with Crippen LogP contribution in [0.5, 0.6) is 5.88 Å². The summed E-state index contributed by atoms with van der Waals surface area (Å²) in [5, 5.41) is 4.33. The quantitative estimate of drug-likeness (QED) is 0.705. The Labute approximate surface area is 71.3 Å². The van der Waals surface area contributed by atoms with E-state index in [1.54, 1.807) is 0 Å². The van der Waals surface area contributed by atoms with Gasteiger partial charge in [-0.3, -0.25) is 0 Å². The summed E-state index contributed by atoms with van der Waals surface area (Å²) < 4.78 is 7.18. The van der Waals surface area contributed by atoms with Crippen LogP contribution in [0.4, 0.5) is 0 Å². The zero-order valence-electron chi connectivity index (χ0n) is 7.16. The number of hydrogen-bond acceptors (Lipinski definition) is 3. The number of fused-ring (bicyclic) bond motifs is 1. The first kappa shape index (κ1) is 7.61. The van der Waals surface area contributed by atoms with E-state index < -0.39 is 0 Å². The predicted octanol–water partition coefficient (Wildman–Crippen LogP) is 0.685. The average Bonchev–Trinajstić information content (AvgIpc) is 2.60. The highest BCUT2D eigenvalue weighted by atomic mass is 16.5. The van der Waals surface area contributed by atoms with Crippen LogP contribution >= 0.6 is 0 Å². The van der Waals surface area contributed by atoms with Crippen molar-refractivity contribution >= 4 is 0 Å². The van der Waals surface area contributed by atoms with Crippen molar-refractivity contribution in [3.8, 4) is 5.88 Å². The van der Waals surface area contributed by atoms with Crippen LogP contribution in [0.2, 0.25) is 0 Å². The Bertz CT molecular complexity index is 260. The van der Waals surface area contributed by atoms with Crippen LogP contribution in [0, 0.1) is 0 Å². The Morgan fingerprint density at radius 2 is 2.67 bits per heavy atom. The molecule has 1 aliphatic rings. The molecule has 0 saturated carbocycles. The van der Waals surface area contributed by atoms with Gasteiger partial charge in [-0.1, -0.05) is 6.92 Å². The molecular formula is C8H13N3O. The first-order valence-electron chi connectivity index (χ1n) is 4.27. The van der Waals surface area contributed by atoms with E-state index in [4.69, 9.17) is 10.5 Å². The second-order valence-electron chi connectivity index (χ2n) is 2.99. The Kier molecular flexibility index (Phi) is 1.77. The molecule has 0 bridgehead atoms. The lowest BCUT2D eigenvalue weighted by Gasteiger charge is -2.02. The molecule has 1 aromatic rings. The smallest absolute Gasteiger partial charge is 0.212 e. The molecule has 1 aromatic heterocycles. The van der Waals surface area contributed by atoms with E-state index in [-0.39, 0.29) is 6.04 Å². The van der Waals surface area contributed by atoms with Crippen molar-refractivity contribution in [2.75, 3.05) is 6.61 Å². The van der Waals surface area contributed by atoms with Crippen molar-refractivity contribution in [3.05, 3.63) is 11.8 Å². The van der Waals surface area contributed by atoms with Crippen molar-refractivity contribution in [2.24, 2.45) is 5.73 Å². The highest BCUT2D eigenvalue weighted by molar-refractivity contribution is 5.20. The molecule has 0 spiro atoms. The van der Waals surface area contributed by atoms with Crippen molar-refractivity contribution in [1.29, 1.82) is 0 Å². The van der Waals surface area contributed by atoms with Crippen molar-refractivity contribution in [1.82, 2.24) is 9.78 Å². The lowest BCUT2D eigenvalue weighted by molar-refractivity contribution is 0.356. The van der Waals surface area contributed by atoms with Gasteiger partial charge in [0.1, 0.15) is 6.61 Å². The van der Waals surface area contributed by atoms with Gasteiger partial charge in [0, 0.05) is 12.1 Å². The van der Waals surface area contributed by atoms with Crippen LogP contribution in [0.3, 0.4) is 0 Å². The maximum atomic E-state index is 5.82. The summed E-state index contributed by atoms with van der Waals surface area (Å²) in [5.41, 5.74) is 6.76. The van der Waals surface area contributed by atoms with E-state index >= 15 is 0 Å². The molecule has 0 aliphatic carbocycles. The van der Waals surface area contributed by atoms with Crippen LogP contribution < -0.4 is 10.5 Å². The number of rotatable bonds is 2. The number of ether oxygens (including phenoxy) is 1. The third kappa shape index (κ3) is 1.08. The van der Waals surface area contributed by atoms with E-state index in [1.165, 1.54) is 0 Å². The maximum absolute atomic E-state index is 5.82. The Morgan fingerprint density at radius 3 is 3.33 bits per heavy atom. The summed E-state index contributed by atoms with van der Waals surface area (Å²) in [6.07, 6.45) is 0.913. The molecule has 1 unspecified atom stereocenters. The molecule has 0 saturated heterocycles. The van der Waals surface area contributed by atoms with Gasteiger partial charge in [-0.25, -0.2) is 4.68 Å². The normalized spacial score (nSPS) is 17.2. The zero-order valence-corrected chi connectivity index (χ0v) is 7.16. The molecule has 2 N–H and O–H groups in total.